The minimum Gasteiger partial charge on any atom is -0.380 e. The summed E-state index contributed by atoms with van der Waals surface area (Å²) in [7, 11) is 0. The highest BCUT2D eigenvalue weighted by Crippen LogP contribution is 2.30. The maximum Gasteiger partial charge on any atom is 0.0426 e. The molecule has 2 rings (SSSR count). The van der Waals surface area contributed by atoms with E-state index in [-0.39, 0.29) is 5.54 Å². The summed E-state index contributed by atoms with van der Waals surface area (Å²) in [4.78, 5) is 0. The zero-order valence-corrected chi connectivity index (χ0v) is 9.49. The van der Waals surface area contributed by atoms with Crippen LogP contribution in [-0.4, -0.2) is 5.54 Å². The molecular formula is C12H16ClN. The van der Waals surface area contributed by atoms with E-state index in [1.165, 1.54) is 24.1 Å². The summed E-state index contributed by atoms with van der Waals surface area (Å²) in [6.07, 6.45) is 3.61. The number of anilines is 1. The molecular weight excluding hydrogens is 194 g/mol. The third-order valence-corrected chi connectivity index (χ3v) is 3.03. The van der Waals surface area contributed by atoms with Gasteiger partial charge in [0.15, 0.2) is 0 Å². The van der Waals surface area contributed by atoms with E-state index in [0.717, 1.165) is 11.4 Å². The number of aryl methyl sites for hydroxylation is 1. The van der Waals surface area contributed by atoms with Crippen LogP contribution in [0.2, 0.25) is 5.02 Å². The van der Waals surface area contributed by atoms with Crippen LogP contribution >= 0.6 is 11.6 Å². The van der Waals surface area contributed by atoms with Crippen molar-refractivity contribution in [2.75, 3.05) is 5.32 Å². The van der Waals surface area contributed by atoms with Crippen molar-refractivity contribution in [3.8, 4) is 0 Å². The Balaban J connectivity index is 2.38. The van der Waals surface area contributed by atoms with Crippen molar-refractivity contribution >= 4 is 17.3 Å². The first-order chi connectivity index (χ1) is 6.57. The third kappa shape index (κ3) is 2.03. The second-order valence-electron chi connectivity index (χ2n) is 4.66. The van der Waals surface area contributed by atoms with E-state index in [0.29, 0.717) is 0 Å². The number of hydrogen-bond donors (Lipinski definition) is 1. The summed E-state index contributed by atoms with van der Waals surface area (Å²) in [5.74, 6) is 0. The van der Waals surface area contributed by atoms with E-state index >= 15 is 0 Å². The predicted octanol–water partition coefficient (Wildman–Crippen LogP) is 3.87. The first kappa shape index (κ1) is 9.85. The van der Waals surface area contributed by atoms with Crippen LogP contribution in [0, 0.1) is 0 Å². The summed E-state index contributed by atoms with van der Waals surface area (Å²) < 4.78 is 0. The number of halogens is 1. The second-order valence-corrected chi connectivity index (χ2v) is 5.10. The Morgan fingerprint density at radius 1 is 1.36 bits per heavy atom. The highest BCUT2D eigenvalue weighted by molar-refractivity contribution is 6.30. The molecule has 0 unspecified atom stereocenters. The topological polar surface area (TPSA) is 12.0 Å². The fraction of sp³-hybridized carbons (Fsp3) is 0.500. The van der Waals surface area contributed by atoms with Crippen molar-refractivity contribution in [1.82, 2.24) is 0 Å². The fourth-order valence-corrected chi connectivity index (χ4v) is 2.20. The number of benzene rings is 1. The molecule has 1 aliphatic heterocycles. The van der Waals surface area contributed by atoms with Crippen molar-refractivity contribution in [2.45, 2.75) is 38.6 Å². The number of hydrogen-bond acceptors (Lipinski definition) is 1. The highest BCUT2D eigenvalue weighted by Gasteiger charge is 2.21. The molecule has 0 saturated carbocycles. The molecule has 0 fully saturated rings. The first-order valence-corrected chi connectivity index (χ1v) is 5.51. The van der Waals surface area contributed by atoms with Crippen molar-refractivity contribution in [3.63, 3.8) is 0 Å². The van der Waals surface area contributed by atoms with Crippen LogP contribution < -0.4 is 5.32 Å². The molecule has 0 saturated heterocycles. The second kappa shape index (κ2) is 3.47. The maximum absolute atomic E-state index is 5.98. The van der Waals surface area contributed by atoms with Crippen LogP contribution in [0.3, 0.4) is 0 Å². The van der Waals surface area contributed by atoms with Gasteiger partial charge in [0.1, 0.15) is 0 Å². The lowest BCUT2D eigenvalue weighted by molar-refractivity contribution is 0.508. The van der Waals surface area contributed by atoms with E-state index in [1.807, 2.05) is 12.1 Å². The van der Waals surface area contributed by atoms with Crippen molar-refractivity contribution in [2.24, 2.45) is 0 Å². The van der Waals surface area contributed by atoms with E-state index in [1.54, 1.807) is 0 Å². The molecule has 0 bridgehead atoms. The summed E-state index contributed by atoms with van der Waals surface area (Å²) in [6, 6.07) is 6.14. The van der Waals surface area contributed by atoms with Crippen molar-refractivity contribution in [3.05, 3.63) is 28.8 Å². The van der Waals surface area contributed by atoms with Crippen LogP contribution in [0.1, 0.15) is 32.3 Å². The Labute approximate surface area is 90.5 Å². The molecule has 14 heavy (non-hydrogen) atoms. The lowest BCUT2D eigenvalue weighted by Gasteiger charge is -2.25. The molecule has 2 heteroatoms. The average molecular weight is 210 g/mol. The van der Waals surface area contributed by atoms with Gasteiger partial charge in [0.05, 0.1) is 0 Å². The zero-order chi connectivity index (χ0) is 10.2. The molecule has 0 atom stereocenters. The molecule has 1 aromatic rings. The van der Waals surface area contributed by atoms with Gasteiger partial charge in [-0.05, 0) is 50.8 Å². The third-order valence-electron chi connectivity index (χ3n) is 2.79. The Bertz CT molecular complexity index is 344. The smallest absolute Gasteiger partial charge is 0.0426 e. The molecule has 1 heterocycles. The van der Waals surface area contributed by atoms with Gasteiger partial charge in [-0.2, -0.15) is 0 Å². The lowest BCUT2D eigenvalue weighted by Crippen LogP contribution is -2.29. The maximum atomic E-state index is 5.98. The van der Waals surface area contributed by atoms with Gasteiger partial charge < -0.3 is 5.32 Å². The SMILES string of the molecule is CC1(C)CCCc2ccc(Cl)cc2N1. The van der Waals surface area contributed by atoms with Gasteiger partial charge in [-0.15, -0.1) is 0 Å². The summed E-state index contributed by atoms with van der Waals surface area (Å²) in [5, 5.41) is 4.37. The summed E-state index contributed by atoms with van der Waals surface area (Å²) in [6.45, 7) is 4.48. The van der Waals surface area contributed by atoms with Crippen molar-refractivity contribution in [1.29, 1.82) is 0 Å². The average Bonchev–Trinajstić information content (AvgIpc) is 2.21. The lowest BCUT2D eigenvalue weighted by atomic mass is 9.99. The van der Waals surface area contributed by atoms with Gasteiger partial charge in [0, 0.05) is 16.2 Å². The van der Waals surface area contributed by atoms with E-state index in [2.05, 4.69) is 25.2 Å². The summed E-state index contributed by atoms with van der Waals surface area (Å²) in [5.41, 5.74) is 2.79. The van der Waals surface area contributed by atoms with Crippen LogP contribution in [0.25, 0.3) is 0 Å². The minimum absolute atomic E-state index is 0.190. The molecule has 0 radical (unpaired) electrons. The predicted molar refractivity (Wildman–Crippen MR) is 62.1 cm³/mol. The molecule has 0 aromatic heterocycles. The minimum atomic E-state index is 0.190. The van der Waals surface area contributed by atoms with Gasteiger partial charge in [0.2, 0.25) is 0 Å². The Morgan fingerprint density at radius 3 is 2.93 bits per heavy atom. The van der Waals surface area contributed by atoms with E-state index in [4.69, 9.17) is 11.6 Å². The Hall–Kier alpha value is -0.690. The van der Waals surface area contributed by atoms with Crippen LogP contribution in [0.5, 0.6) is 0 Å². The van der Waals surface area contributed by atoms with Crippen LogP contribution in [0.15, 0.2) is 18.2 Å². The monoisotopic (exact) mass is 209 g/mol. The van der Waals surface area contributed by atoms with E-state index < -0.39 is 0 Å². The molecule has 1 aromatic carbocycles. The standard InChI is InChI=1S/C12H16ClN/c1-12(2)7-3-4-9-5-6-10(13)8-11(9)14-12/h5-6,8,14H,3-4,7H2,1-2H3. The molecule has 1 nitrogen and oxygen atoms in total. The zero-order valence-electron chi connectivity index (χ0n) is 8.73. The van der Waals surface area contributed by atoms with Crippen molar-refractivity contribution < 1.29 is 0 Å². The molecule has 0 spiro atoms. The van der Waals surface area contributed by atoms with E-state index in [9.17, 15) is 0 Å². The van der Waals surface area contributed by atoms with Gasteiger partial charge in [-0.25, -0.2) is 0 Å². The van der Waals surface area contributed by atoms with Gasteiger partial charge in [-0.3, -0.25) is 0 Å². The first-order valence-electron chi connectivity index (χ1n) is 5.13. The van der Waals surface area contributed by atoms with Gasteiger partial charge in [0.25, 0.3) is 0 Å². The largest absolute Gasteiger partial charge is 0.380 e. The van der Waals surface area contributed by atoms with Gasteiger partial charge in [-0.1, -0.05) is 17.7 Å². The Kier molecular flexibility index (Phi) is 2.44. The highest BCUT2D eigenvalue weighted by atomic mass is 35.5. The molecule has 1 aliphatic rings. The number of rotatable bonds is 0. The van der Waals surface area contributed by atoms with Crippen LogP contribution in [-0.2, 0) is 6.42 Å². The van der Waals surface area contributed by atoms with Crippen LogP contribution in [0.4, 0.5) is 5.69 Å². The number of fused-ring (bicyclic) bond motifs is 1. The molecule has 0 amide bonds. The fourth-order valence-electron chi connectivity index (χ4n) is 2.03. The normalized spacial score (nSPS) is 19.4. The molecule has 0 aliphatic carbocycles. The number of nitrogens with one attached hydrogen (secondary N) is 1. The summed E-state index contributed by atoms with van der Waals surface area (Å²) >= 11 is 5.98. The Morgan fingerprint density at radius 2 is 2.14 bits per heavy atom. The molecule has 76 valence electrons. The molecule has 1 N–H and O–H groups in total. The quantitative estimate of drug-likeness (QED) is 0.684. The van der Waals surface area contributed by atoms with Gasteiger partial charge >= 0.3 is 0 Å².